The highest BCUT2D eigenvalue weighted by Crippen LogP contribution is 2.39. The number of hydrazine groups is 1. The molecule has 176 valence electrons. The van der Waals surface area contributed by atoms with Gasteiger partial charge < -0.3 is 0 Å². The van der Waals surface area contributed by atoms with Gasteiger partial charge in [0, 0.05) is 23.3 Å². The molecule has 1 saturated carbocycles. The van der Waals surface area contributed by atoms with Gasteiger partial charge >= 0.3 is 0 Å². The standard InChI is InChI=1S/C25H25N3O6/c1-2-21(22(29)16-8-4-3-5-9-16)26(23(30)17-12-14-18(15-13-17)28(33)34)27-24(31)19-10-6-7-11-20(19)25(27)32/h3-5,8-9,12-15,19-21H,2,6-7,10-11H2,1H3/t19-,20+,21-/m0/s1. The van der Waals surface area contributed by atoms with Crippen LogP contribution < -0.4 is 0 Å². The van der Waals surface area contributed by atoms with E-state index in [-0.39, 0.29) is 17.7 Å². The smallest absolute Gasteiger partial charge is 0.273 e. The van der Waals surface area contributed by atoms with Crippen LogP contribution in [-0.2, 0) is 9.59 Å². The Bertz CT molecular complexity index is 1110. The van der Waals surface area contributed by atoms with Gasteiger partial charge in [-0.3, -0.25) is 29.3 Å². The highest BCUT2D eigenvalue weighted by atomic mass is 16.6. The van der Waals surface area contributed by atoms with Crippen LogP contribution in [-0.4, -0.2) is 44.5 Å². The molecule has 2 aromatic rings. The number of imide groups is 1. The lowest BCUT2D eigenvalue weighted by molar-refractivity contribution is -0.384. The zero-order chi connectivity index (χ0) is 24.4. The van der Waals surface area contributed by atoms with Crippen LogP contribution in [0.15, 0.2) is 54.6 Å². The third kappa shape index (κ3) is 4.09. The monoisotopic (exact) mass is 463 g/mol. The number of ketones is 1. The Balaban J connectivity index is 1.77. The minimum atomic E-state index is -1.10. The lowest BCUT2D eigenvalue weighted by Crippen LogP contribution is -2.57. The maximum Gasteiger partial charge on any atom is 0.273 e. The maximum atomic E-state index is 13.7. The summed E-state index contributed by atoms with van der Waals surface area (Å²) < 4.78 is 0. The molecule has 0 bridgehead atoms. The second-order valence-electron chi connectivity index (χ2n) is 8.59. The molecule has 34 heavy (non-hydrogen) atoms. The summed E-state index contributed by atoms with van der Waals surface area (Å²) in [7, 11) is 0. The molecule has 2 fully saturated rings. The molecule has 2 aliphatic rings. The summed E-state index contributed by atoms with van der Waals surface area (Å²) in [6.07, 6.45) is 2.94. The molecular weight excluding hydrogens is 438 g/mol. The van der Waals surface area contributed by atoms with Crippen LogP contribution in [0.25, 0.3) is 0 Å². The van der Waals surface area contributed by atoms with Crippen molar-refractivity contribution in [1.82, 2.24) is 10.0 Å². The van der Waals surface area contributed by atoms with Crippen molar-refractivity contribution < 1.29 is 24.1 Å². The summed E-state index contributed by atoms with van der Waals surface area (Å²) in [5.41, 5.74) is 0.197. The van der Waals surface area contributed by atoms with Crippen molar-refractivity contribution in [3.63, 3.8) is 0 Å². The van der Waals surface area contributed by atoms with Crippen molar-refractivity contribution in [2.24, 2.45) is 11.8 Å². The highest BCUT2D eigenvalue weighted by Gasteiger charge is 2.53. The van der Waals surface area contributed by atoms with Gasteiger partial charge in [0.05, 0.1) is 16.8 Å². The largest absolute Gasteiger partial charge is 0.292 e. The Hall–Kier alpha value is -3.88. The molecule has 9 nitrogen and oxygen atoms in total. The molecule has 4 rings (SSSR count). The Kier molecular flexibility index (Phi) is 6.54. The lowest BCUT2D eigenvalue weighted by Gasteiger charge is -2.36. The van der Waals surface area contributed by atoms with Crippen LogP contribution in [0.5, 0.6) is 0 Å². The van der Waals surface area contributed by atoms with Crippen molar-refractivity contribution in [3.05, 3.63) is 75.8 Å². The first-order chi connectivity index (χ1) is 16.3. The third-order valence-corrected chi connectivity index (χ3v) is 6.61. The summed E-state index contributed by atoms with van der Waals surface area (Å²) in [5, 5.41) is 12.9. The molecule has 3 amide bonds. The second-order valence-corrected chi connectivity index (χ2v) is 8.59. The lowest BCUT2D eigenvalue weighted by atomic mass is 9.81. The Morgan fingerprint density at radius 3 is 2.03 bits per heavy atom. The van der Waals surface area contributed by atoms with E-state index < -0.39 is 46.3 Å². The van der Waals surface area contributed by atoms with Crippen molar-refractivity contribution in [2.75, 3.05) is 0 Å². The molecular formula is C25H25N3O6. The van der Waals surface area contributed by atoms with Gasteiger partial charge in [-0.2, -0.15) is 5.01 Å². The number of benzene rings is 2. The summed E-state index contributed by atoms with van der Waals surface area (Å²) >= 11 is 0. The molecule has 1 aliphatic heterocycles. The average Bonchev–Trinajstić information content (AvgIpc) is 3.12. The summed E-state index contributed by atoms with van der Waals surface area (Å²) in [6, 6.07) is 12.2. The van der Waals surface area contributed by atoms with Gasteiger partial charge in [0.25, 0.3) is 23.4 Å². The van der Waals surface area contributed by atoms with Crippen LogP contribution >= 0.6 is 0 Å². The normalized spacial score (nSPS) is 20.6. The van der Waals surface area contributed by atoms with Crippen LogP contribution in [0.2, 0.25) is 0 Å². The number of carbonyl (C=O) groups excluding carboxylic acids is 4. The topological polar surface area (TPSA) is 118 Å². The van der Waals surface area contributed by atoms with E-state index in [1.165, 1.54) is 24.3 Å². The molecule has 3 atom stereocenters. The van der Waals surface area contributed by atoms with E-state index in [4.69, 9.17) is 0 Å². The quantitative estimate of drug-likeness (QED) is 0.267. The number of nitro groups is 1. The number of fused-ring (bicyclic) bond motifs is 1. The van der Waals surface area contributed by atoms with E-state index in [2.05, 4.69) is 0 Å². The Morgan fingerprint density at radius 2 is 1.53 bits per heavy atom. The number of nitro benzene ring substituents is 1. The van der Waals surface area contributed by atoms with Crippen LogP contribution in [0.4, 0.5) is 5.69 Å². The number of hydrogen-bond donors (Lipinski definition) is 0. The first-order valence-electron chi connectivity index (χ1n) is 11.4. The van der Waals surface area contributed by atoms with Gasteiger partial charge in [0.1, 0.15) is 6.04 Å². The molecule has 1 aliphatic carbocycles. The van der Waals surface area contributed by atoms with Gasteiger partial charge in [-0.15, -0.1) is 0 Å². The van der Waals surface area contributed by atoms with Crippen molar-refractivity contribution in [1.29, 1.82) is 0 Å². The van der Waals surface area contributed by atoms with Gasteiger partial charge in [-0.05, 0) is 31.4 Å². The minimum Gasteiger partial charge on any atom is -0.292 e. The number of hydrogen-bond acceptors (Lipinski definition) is 6. The number of carbonyl (C=O) groups is 4. The van der Waals surface area contributed by atoms with E-state index in [1.807, 2.05) is 0 Å². The molecule has 9 heteroatoms. The fraction of sp³-hybridized carbons (Fsp3) is 0.360. The predicted octanol–water partition coefficient (Wildman–Crippen LogP) is 3.79. The number of rotatable bonds is 7. The van der Waals surface area contributed by atoms with Crippen LogP contribution in [0.3, 0.4) is 0 Å². The molecule has 0 spiro atoms. The van der Waals surface area contributed by atoms with E-state index in [1.54, 1.807) is 37.3 Å². The molecule has 0 radical (unpaired) electrons. The first-order valence-corrected chi connectivity index (χ1v) is 11.4. The van der Waals surface area contributed by atoms with Gasteiger partial charge in [0.15, 0.2) is 5.78 Å². The Labute approximate surface area is 196 Å². The number of non-ortho nitro benzene ring substituents is 1. The molecule has 0 unspecified atom stereocenters. The van der Waals surface area contributed by atoms with E-state index in [0.29, 0.717) is 18.4 Å². The highest BCUT2D eigenvalue weighted by molar-refractivity contribution is 6.10. The summed E-state index contributed by atoms with van der Waals surface area (Å²) in [6.45, 7) is 1.71. The van der Waals surface area contributed by atoms with Crippen molar-refractivity contribution in [3.8, 4) is 0 Å². The van der Waals surface area contributed by atoms with Gasteiger partial charge in [-0.1, -0.05) is 50.1 Å². The first kappa shape index (κ1) is 23.3. The summed E-state index contributed by atoms with van der Waals surface area (Å²) in [4.78, 5) is 64.3. The molecule has 0 N–H and O–H groups in total. The van der Waals surface area contributed by atoms with E-state index >= 15 is 0 Å². The fourth-order valence-electron chi connectivity index (χ4n) is 4.85. The molecule has 2 aromatic carbocycles. The Morgan fingerprint density at radius 1 is 0.971 bits per heavy atom. The number of nitrogens with zero attached hydrogens (tertiary/aromatic N) is 3. The number of amides is 3. The van der Waals surface area contributed by atoms with Crippen LogP contribution in [0.1, 0.15) is 59.7 Å². The summed E-state index contributed by atoms with van der Waals surface area (Å²) in [5.74, 6) is -3.07. The van der Waals surface area contributed by atoms with Crippen molar-refractivity contribution >= 4 is 29.2 Å². The second kappa shape index (κ2) is 9.54. The third-order valence-electron chi connectivity index (χ3n) is 6.61. The van der Waals surface area contributed by atoms with E-state index in [0.717, 1.165) is 22.9 Å². The maximum absolute atomic E-state index is 13.7. The van der Waals surface area contributed by atoms with Crippen molar-refractivity contribution in [2.45, 2.75) is 45.1 Å². The predicted molar refractivity (Wildman–Crippen MR) is 121 cm³/mol. The minimum absolute atomic E-state index is 0.0420. The average molecular weight is 463 g/mol. The number of Topliss-reactive ketones (excluding diaryl/α,β-unsaturated/α-hetero) is 1. The molecule has 1 saturated heterocycles. The zero-order valence-electron chi connectivity index (χ0n) is 18.8. The van der Waals surface area contributed by atoms with E-state index in [9.17, 15) is 29.3 Å². The SMILES string of the molecule is CC[C@@H](C(=O)c1ccccc1)N(C(=O)c1ccc([N+](=O)[O-])cc1)N1C(=O)[C@H]2CCCC[C@H]2C1=O. The van der Waals surface area contributed by atoms with Gasteiger partial charge in [-0.25, -0.2) is 5.01 Å². The van der Waals surface area contributed by atoms with Gasteiger partial charge in [0.2, 0.25) is 0 Å². The fourth-order valence-corrected chi connectivity index (χ4v) is 4.85. The zero-order valence-corrected chi connectivity index (χ0v) is 18.8. The molecule has 1 heterocycles. The van der Waals surface area contributed by atoms with Crippen LogP contribution in [0, 0.1) is 22.0 Å². The molecule has 0 aromatic heterocycles.